The van der Waals surface area contributed by atoms with Crippen molar-refractivity contribution in [1.29, 1.82) is 0 Å². The van der Waals surface area contributed by atoms with E-state index in [4.69, 9.17) is 4.74 Å². The highest BCUT2D eigenvalue weighted by Gasteiger charge is 2.29. The summed E-state index contributed by atoms with van der Waals surface area (Å²) in [6.07, 6.45) is 0. The molecule has 4 rings (SSSR count). The van der Waals surface area contributed by atoms with Crippen molar-refractivity contribution in [2.75, 3.05) is 16.7 Å². The molecule has 8 heteroatoms. The molecule has 0 unspecified atom stereocenters. The van der Waals surface area contributed by atoms with Crippen molar-refractivity contribution in [3.63, 3.8) is 0 Å². The zero-order valence-electron chi connectivity index (χ0n) is 18.9. The van der Waals surface area contributed by atoms with Gasteiger partial charge in [-0.25, -0.2) is 8.42 Å². The van der Waals surface area contributed by atoms with Gasteiger partial charge in [-0.1, -0.05) is 54.6 Å². The summed E-state index contributed by atoms with van der Waals surface area (Å²) in [5, 5.41) is 2.87. The first-order valence-electron chi connectivity index (χ1n) is 10.8. The molecule has 0 aliphatic rings. The van der Waals surface area contributed by atoms with Crippen molar-refractivity contribution in [2.45, 2.75) is 11.4 Å². The van der Waals surface area contributed by atoms with Gasteiger partial charge in [0.05, 0.1) is 35.5 Å². The third-order valence-corrected chi connectivity index (χ3v) is 7.82. The lowest BCUT2D eigenvalue weighted by atomic mass is 10.1. The molecular weight excluding hydrogens is 528 g/mol. The SMILES string of the molecule is COc1ccc(S(=O)(=O)N(Cc2ccccc2)c2ccccc2C(=O)Nc2ccccc2Br)cc1. The Labute approximate surface area is 213 Å². The first-order chi connectivity index (χ1) is 16.9. The topological polar surface area (TPSA) is 75.7 Å². The Morgan fingerprint density at radius 1 is 0.857 bits per heavy atom. The Morgan fingerprint density at radius 2 is 1.49 bits per heavy atom. The predicted octanol–water partition coefficient (Wildman–Crippen LogP) is 6.11. The Hall–Kier alpha value is -3.62. The van der Waals surface area contributed by atoms with Gasteiger partial charge in [0.15, 0.2) is 0 Å². The summed E-state index contributed by atoms with van der Waals surface area (Å²) < 4.78 is 34.9. The molecule has 0 radical (unpaired) electrons. The molecule has 0 saturated carbocycles. The van der Waals surface area contributed by atoms with Crippen LogP contribution in [-0.4, -0.2) is 21.4 Å². The number of anilines is 2. The number of para-hydroxylation sites is 2. The zero-order valence-corrected chi connectivity index (χ0v) is 21.3. The normalized spacial score (nSPS) is 11.0. The van der Waals surface area contributed by atoms with Gasteiger partial charge in [-0.15, -0.1) is 0 Å². The van der Waals surface area contributed by atoms with E-state index in [-0.39, 0.29) is 22.7 Å². The fourth-order valence-electron chi connectivity index (χ4n) is 3.56. The average Bonchev–Trinajstić information content (AvgIpc) is 2.89. The Morgan fingerprint density at radius 3 is 2.17 bits per heavy atom. The predicted molar refractivity (Wildman–Crippen MR) is 141 cm³/mol. The number of carbonyl (C=O) groups is 1. The molecule has 0 fully saturated rings. The van der Waals surface area contributed by atoms with Crippen LogP contribution in [0.25, 0.3) is 0 Å². The number of sulfonamides is 1. The van der Waals surface area contributed by atoms with Crippen LogP contribution in [0, 0.1) is 0 Å². The third-order valence-electron chi connectivity index (χ3n) is 5.36. The fourth-order valence-corrected chi connectivity index (χ4v) is 5.41. The minimum absolute atomic E-state index is 0.0501. The molecule has 35 heavy (non-hydrogen) atoms. The number of hydrogen-bond donors (Lipinski definition) is 1. The van der Waals surface area contributed by atoms with E-state index in [2.05, 4.69) is 21.2 Å². The van der Waals surface area contributed by atoms with Crippen LogP contribution in [0.4, 0.5) is 11.4 Å². The molecule has 0 aliphatic heterocycles. The summed E-state index contributed by atoms with van der Waals surface area (Å²) in [4.78, 5) is 13.4. The molecule has 178 valence electrons. The molecule has 0 aromatic heterocycles. The van der Waals surface area contributed by atoms with Crippen molar-refractivity contribution < 1.29 is 17.9 Å². The number of hydrogen-bond acceptors (Lipinski definition) is 4. The van der Waals surface area contributed by atoms with Crippen molar-refractivity contribution in [1.82, 2.24) is 0 Å². The largest absolute Gasteiger partial charge is 0.497 e. The molecular formula is C27H23BrN2O4S. The zero-order chi connectivity index (χ0) is 24.8. The number of rotatable bonds is 8. The van der Waals surface area contributed by atoms with Gasteiger partial charge in [0.25, 0.3) is 15.9 Å². The van der Waals surface area contributed by atoms with Crippen molar-refractivity contribution in [3.8, 4) is 5.75 Å². The number of benzene rings is 4. The summed E-state index contributed by atoms with van der Waals surface area (Å²) in [5.74, 6) is 0.127. The first-order valence-corrected chi connectivity index (χ1v) is 13.0. The smallest absolute Gasteiger partial charge is 0.264 e. The highest BCUT2D eigenvalue weighted by Crippen LogP contribution is 2.31. The lowest BCUT2D eigenvalue weighted by Crippen LogP contribution is -2.32. The summed E-state index contributed by atoms with van der Waals surface area (Å²) in [7, 11) is -2.51. The molecule has 0 spiro atoms. The first kappa shape index (κ1) is 24.5. The Balaban J connectivity index is 1.79. The number of carbonyl (C=O) groups excluding carboxylic acids is 1. The molecule has 0 saturated heterocycles. The Kier molecular flexibility index (Phi) is 7.53. The number of methoxy groups -OCH3 is 1. The minimum atomic E-state index is -4.03. The standard InChI is InChI=1S/C27H23BrN2O4S/c1-34-21-15-17-22(18-16-21)35(32,33)30(19-20-9-3-2-4-10-20)26-14-8-5-11-23(26)27(31)29-25-13-7-6-12-24(25)28/h2-18H,19H2,1H3,(H,29,31). The number of ether oxygens (including phenoxy) is 1. The third kappa shape index (κ3) is 5.55. The van der Waals surface area contributed by atoms with Crippen LogP contribution in [0.5, 0.6) is 5.75 Å². The molecule has 1 amide bonds. The van der Waals surface area contributed by atoms with Crippen LogP contribution in [0.15, 0.2) is 112 Å². The van der Waals surface area contributed by atoms with E-state index in [0.717, 1.165) is 10.0 Å². The molecule has 1 N–H and O–H groups in total. The van der Waals surface area contributed by atoms with E-state index in [1.807, 2.05) is 48.5 Å². The molecule has 0 atom stereocenters. The summed E-state index contributed by atoms with van der Waals surface area (Å²) in [6, 6.07) is 29.3. The number of nitrogens with zero attached hydrogens (tertiary/aromatic N) is 1. The van der Waals surface area contributed by atoms with Gasteiger partial charge in [0.2, 0.25) is 0 Å². The van der Waals surface area contributed by atoms with Crippen LogP contribution in [0.1, 0.15) is 15.9 Å². The van der Waals surface area contributed by atoms with E-state index in [1.54, 1.807) is 42.5 Å². The maximum atomic E-state index is 13.9. The highest BCUT2D eigenvalue weighted by molar-refractivity contribution is 9.10. The molecule has 4 aromatic carbocycles. The second-order valence-electron chi connectivity index (χ2n) is 7.62. The van der Waals surface area contributed by atoms with Crippen LogP contribution in [-0.2, 0) is 16.6 Å². The minimum Gasteiger partial charge on any atom is -0.497 e. The van der Waals surface area contributed by atoms with E-state index in [1.165, 1.54) is 23.5 Å². The maximum Gasteiger partial charge on any atom is 0.264 e. The molecule has 0 heterocycles. The van der Waals surface area contributed by atoms with Gasteiger partial charge >= 0.3 is 0 Å². The quantitative estimate of drug-likeness (QED) is 0.287. The molecule has 6 nitrogen and oxygen atoms in total. The van der Waals surface area contributed by atoms with Gasteiger partial charge < -0.3 is 10.1 Å². The van der Waals surface area contributed by atoms with Crippen molar-refractivity contribution in [3.05, 3.63) is 119 Å². The molecule has 4 aromatic rings. The number of amides is 1. The molecule has 0 aliphatic carbocycles. The van der Waals surface area contributed by atoms with Crippen molar-refractivity contribution in [2.24, 2.45) is 0 Å². The van der Waals surface area contributed by atoms with E-state index < -0.39 is 15.9 Å². The monoisotopic (exact) mass is 550 g/mol. The maximum absolute atomic E-state index is 13.9. The van der Waals surface area contributed by atoms with Crippen LogP contribution >= 0.6 is 15.9 Å². The van der Waals surface area contributed by atoms with E-state index in [0.29, 0.717) is 11.4 Å². The van der Waals surface area contributed by atoms with Gasteiger partial charge in [-0.2, -0.15) is 0 Å². The lowest BCUT2D eigenvalue weighted by molar-refractivity contribution is 0.102. The second kappa shape index (κ2) is 10.8. The Bertz CT molecular complexity index is 1430. The van der Waals surface area contributed by atoms with Gasteiger partial charge in [-0.05, 0) is 70.0 Å². The van der Waals surface area contributed by atoms with Gasteiger partial charge in [0.1, 0.15) is 5.75 Å². The van der Waals surface area contributed by atoms with Crippen LogP contribution < -0.4 is 14.4 Å². The van der Waals surface area contributed by atoms with E-state index >= 15 is 0 Å². The van der Waals surface area contributed by atoms with Crippen LogP contribution in [0.3, 0.4) is 0 Å². The van der Waals surface area contributed by atoms with Crippen molar-refractivity contribution >= 4 is 43.2 Å². The van der Waals surface area contributed by atoms with E-state index in [9.17, 15) is 13.2 Å². The lowest BCUT2D eigenvalue weighted by Gasteiger charge is -2.27. The van der Waals surface area contributed by atoms with Gasteiger partial charge in [0, 0.05) is 4.47 Å². The number of halogens is 1. The highest BCUT2D eigenvalue weighted by atomic mass is 79.9. The van der Waals surface area contributed by atoms with Gasteiger partial charge in [-0.3, -0.25) is 9.10 Å². The summed E-state index contributed by atoms with van der Waals surface area (Å²) in [5.41, 5.74) is 1.87. The summed E-state index contributed by atoms with van der Waals surface area (Å²) in [6.45, 7) is 0.0501. The molecule has 0 bridgehead atoms. The van der Waals surface area contributed by atoms with Crippen LogP contribution in [0.2, 0.25) is 0 Å². The fraction of sp³-hybridized carbons (Fsp3) is 0.0741. The number of nitrogens with one attached hydrogen (secondary N) is 1. The second-order valence-corrected chi connectivity index (χ2v) is 10.3. The summed E-state index contributed by atoms with van der Waals surface area (Å²) >= 11 is 3.43. The average molecular weight is 551 g/mol.